The Morgan fingerprint density at radius 3 is 3.06 bits per heavy atom. The van der Waals surface area contributed by atoms with Crippen molar-refractivity contribution < 1.29 is 14.6 Å². The van der Waals surface area contributed by atoms with E-state index < -0.39 is 5.97 Å². The number of hydrogen-bond donors (Lipinski definition) is 1. The molecular formula is C10H9NO3S2. The van der Waals surface area contributed by atoms with Crippen LogP contribution in [-0.2, 0) is 6.61 Å². The monoisotopic (exact) mass is 255 g/mol. The summed E-state index contributed by atoms with van der Waals surface area (Å²) in [4.78, 5) is 17.0. The van der Waals surface area contributed by atoms with Gasteiger partial charge in [-0.3, -0.25) is 4.98 Å². The Balaban J connectivity index is 2.12. The van der Waals surface area contributed by atoms with E-state index in [1.54, 1.807) is 17.8 Å². The minimum Gasteiger partial charge on any atom is -0.486 e. The second kappa shape index (κ2) is 4.63. The molecule has 2 aromatic heterocycles. The summed E-state index contributed by atoms with van der Waals surface area (Å²) in [6.45, 7) is 2.22. The highest BCUT2D eigenvalue weighted by Crippen LogP contribution is 2.29. The van der Waals surface area contributed by atoms with Crippen LogP contribution in [0.25, 0.3) is 0 Å². The summed E-state index contributed by atoms with van der Waals surface area (Å²) in [7, 11) is 0. The van der Waals surface area contributed by atoms with Crippen molar-refractivity contribution in [1.29, 1.82) is 0 Å². The summed E-state index contributed by atoms with van der Waals surface area (Å²) in [5.41, 5.74) is 1.72. The lowest BCUT2D eigenvalue weighted by molar-refractivity contribution is 0.0697. The third-order valence-corrected chi connectivity index (χ3v) is 3.64. The van der Waals surface area contributed by atoms with Crippen LogP contribution in [0.2, 0.25) is 0 Å². The van der Waals surface area contributed by atoms with Crippen molar-refractivity contribution in [2.24, 2.45) is 0 Å². The molecule has 2 rings (SSSR count). The molecule has 84 valence electrons. The number of aromatic nitrogens is 1. The molecule has 0 fully saturated rings. The molecule has 0 amide bonds. The van der Waals surface area contributed by atoms with Crippen LogP contribution in [0.5, 0.6) is 5.75 Å². The van der Waals surface area contributed by atoms with Crippen LogP contribution in [0.1, 0.15) is 19.4 Å². The highest BCUT2D eigenvalue weighted by atomic mass is 32.1. The Hall–Kier alpha value is -1.40. The molecule has 0 saturated heterocycles. The highest BCUT2D eigenvalue weighted by molar-refractivity contribution is 7.14. The zero-order chi connectivity index (χ0) is 11.5. The summed E-state index contributed by atoms with van der Waals surface area (Å²) in [5, 5.41) is 8.96. The Labute approximate surface area is 100 Å². The number of hydrogen-bond acceptors (Lipinski definition) is 5. The maximum Gasteiger partial charge on any atom is 0.349 e. The zero-order valence-electron chi connectivity index (χ0n) is 8.47. The van der Waals surface area contributed by atoms with Gasteiger partial charge in [0.1, 0.15) is 12.4 Å². The average molecular weight is 255 g/mol. The lowest BCUT2D eigenvalue weighted by Crippen LogP contribution is -1.98. The number of aromatic carboxylic acids is 1. The van der Waals surface area contributed by atoms with Crippen LogP contribution in [0.3, 0.4) is 0 Å². The predicted octanol–water partition coefficient (Wildman–Crippen LogP) is 2.79. The Kier molecular flexibility index (Phi) is 3.21. The molecule has 0 radical (unpaired) electrons. The van der Waals surface area contributed by atoms with Gasteiger partial charge >= 0.3 is 5.97 Å². The molecule has 0 spiro atoms. The van der Waals surface area contributed by atoms with Crippen LogP contribution in [0.4, 0.5) is 0 Å². The first-order valence-corrected chi connectivity index (χ1v) is 6.20. The Bertz CT molecular complexity index is 490. The van der Waals surface area contributed by atoms with Gasteiger partial charge in [-0.25, -0.2) is 4.79 Å². The van der Waals surface area contributed by atoms with E-state index in [1.165, 1.54) is 22.7 Å². The quantitative estimate of drug-likeness (QED) is 0.912. The minimum absolute atomic E-state index is 0.252. The molecule has 0 aliphatic heterocycles. The van der Waals surface area contributed by atoms with Gasteiger partial charge in [0.2, 0.25) is 0 Å². The van der Waals surface area contributed by atoms with Gasteiger partial charge in [-0.2, -0.15) is 0 Å². The summed E-state index contributed by atoms with van der Waals surface area (Å²) < 4.78 is 5.46. The fourth-order valence-corrected chi connectivity index (χ4v) is 2.51. The first kappa shape index (κ1) is 11.1. The van der Waals surface area contributed by atoms with Gasteiger partial charge in [-0.05, 0) is 13.0 Å². The molecule has 2 aromatic rings. The topological polar surface area (TPSA) is 59.4 Å². The van der Waals surface area contributed by atoms with E-state index in [1.807, 2.05) is 6.92 Å². The standard InChI is InChI=1S/C10H9NO3S2/c1-6-2-8(9(16-6)10(12)13)14-4-7-3-11-5-15-7/h2-3,5H,4H2,1H3,(H,12,13). The maximum absolute atomic E-state index is 10.9. The van der Waals surface area contributed by atoms with Crippen molar-refractivity contribution in [2.75, 3.05) is 0 Å². The van der Waals surface area contributed by atoms with Gasteiger partial charge in [0.15, 0.2) is 4.88 Å². The second-order valence-corrected chi connectivity index (χ2v) is 5.34. The van der Waals surface area contributed by atoms with E-state index in [-0.39, 0.29) is 4.88 Å². The third-order valence-electron chi connectivity index (χ3n) is 1.87. The van der Waals surface area contributed by atoms with Gasteiger partial charge in [-0.15, -0.1) is 22.7 Å². The SMILES string of the molecule is Cc1cc(OCc2cncs2)c(C(=O)O)s1. The van der Waals surface area contributed by atoms with Gasteiger partial charge in [0.05, 0.1) is 10.4 Å². The predicted molar refractivity (Wildman–Crippen MR) is 62.5 cm³/mol. The molecule has 0 aromatic carbocycles. The molecule has 0 bridgehead atoms. The Morgan fingerprint density at radius 2 is 2.44 bits per heavy atom. The van der Waals surface area contributed by atoms with Gasteiger partial charge in [-0.1, -0.05) is 0 Å². The van der Waals surface area contributed by atoms with Crippen LogP contribution in [0, 0.1) is 6.92 Å². The number of carbonyl (C=O) groups is 1. The lowest BCUT2D eigenvalue weighted by Gasteiger charge is -2.02. The van der Waals surface area contributed by atoms with Crippen LogP contribution < -0.4 is 4.74 Å². The van der Waals surface area contributed by atoms with Crippen molar-refractivity contribution in [3.63, 3.8) is 0 Å². The number of thiazole rings is 1. The largest absolute Gasteiger partial charge is 0.486 e. The summed E-state index contributed by atoms with van der Waals surface area (Å²) in [5.74, 6) is -0.513. The van der Waals surface area contributed by atoms with Crippen LogP contribution in [-0.4, -0.2) is 16.1 Å². The summed E-state index contributed by atoms with van der Waals surface area (Å²) in [6.07, 6.45) is 1.71. The first-order valence-electron chi connectivity index (χ1n) is 4.50. The Morgan fingerprint density at radius 1 is 1.62 bits per heavy atom. The average Bonchev–Trinajstić information content (AvgIpc) is 2.83. The van der Waals surface area contributed by atoms with Crippen LogP contribution in [0.15, 0.2) is 17.8 Å². The van der Waals surface area contributed by atoms with E-state index in [0.717, 1.165) is 9.75 Å². The summed E-state index contributed by atoms with van der Waals surface area (Å²) in [6, 6.07) is 1.75. The van der Waals surface area contributed by atoms with Crippen molar-refractivity contribution in [3.8, 4) is 5.75 Å². The fourth-order valence-electron chi connectivity index (χ4n) is 1.21. The zero-order valence-corrected chi connectivity index (χ0v) is 10.1. The van der Waals surface area contributed by atoms with Gasteiger partial charge in [0, 0.05) is 11.1 Å². The third kappa shape index (κ3) is 2.40. The molecule has 4 nitrogen and oxygen atoms in total. The van der Waals surface area contributed by atoms with Gasteiger partial charge in [0.25, 0.3) is 0 Å². The fraction of sp³-hybridized carbons (Fsp3) is 0.200. The van der Waals surface area contributed by atoms with E-state index in [9.17, 15) is 4.79 Å². The summed E-state index contributed by atoms with van der Waals surface area (Å²) >= 11 is 2.71. The molecule has 0 aliphatic carbocycles. The molecule has 2 heterocycles. The highest BCUT2D eigenvalue weighted by Gasteiger charge is 2.15. The number of carboxylic acids is 1. The lowest BCUT2D eigenvalue weighted by atomic mass is 10.4. The number of aryl methyl sites for hydroxylation is 1. The van der Waals surface area contributed by atoms with Crippen molar-refractivity contribution in [3.05, 3.63) is 32.4 Å². The first-order chi connectivity index (χ1) is 7.66. The van der Waals surface area contributed by atoms with E-state index in [0.29, 0.717) is 12.4 Å². The molecule has 0 saturated carbocycles. The molecule has 0 aliphatic rings. The number of rotatable bonds is 4. The van der Waals surface area contributed by atoms with E-state index in [4.69, 9.17) is 9.84 Å². The van der Waals surface area contributed by atoms with Gasteiger partial charge < -0.3 is 9.84 Å². The molecule has 16 heavy (non-hydrogen) atoms. The van der Waals surface area contributed by atoms with Crippen molar-refractivity contribution in [1.82, 2.24) is 4.98 Å². The minimum atomic E-state index is -0.947. The van der Waals surface area contributed by atoms with Crippen LogP contribution >= 0.6 is 22.7 Å². The molecular weight excluding hydrogens is 246 g/mol. The number of carboxylic acid groups (broad SMARTS) is 1. The number of nitrogens with zero attached hydrogens (tertiary/aromatic N) is 1. The van der Waals surface area contributed by atoms with Crippen molar-refractivity contribution in [2.45, 2.75) is 13.5 Å². The smallest absolute Gasteiger partial charge is 0.349 e. The van der Waals surface area contributed by atoms with E-state index >= 15 is 0 Å². The molecule has 0 unspecified atom stereocenters. The molecule has 0 atom stereocenters. The van der Waals surface area contributed by atoms with Crippen molar-refractivity contribution >= 4 is 28.6 Å². The molecule has 6 heteroatoms. The maximum atomic E-state index is 10.9. The second-order valence-electron chi connectivity index (χ2n) is 3.11. The number of ether oxygens (including phenoxy) is 1. The van der Waals surface area contributed by atoms with E-state index in [2.05, 4.69) is 4.98 Å². The molecule has 1 N–H and O–H groups in total. The number of thiophene rings is 1. The normalized spacial score (nSPS) is 10.3.